The van der Waals surface area contributed by atoms with Gasteiger partial charge in [-0.1, -0.05) is 6.07 Å². The fourth-order valence-electron chi connectivity index (χ4n) is 1.55. The van der Waals surface area contributed by atoms with Gasteiger partial charge in [0.1, 0.15) is 11.5 Å². The van der Waals surface area contributed by atoms with Crippen LogP contribution in [0.3, 0.4) is 0 Å². The highest BCUT2D eigenvalue weighted by Gasteiger charge is 2.13. The number of carbonyl (C=O) groups is 2. The summed E-state index contributed by atoms with van der Waals surface area (Å²) < 4.78 is 18.2. The van der Waals surface area contributed by atoms with E-state index in [1.807, 2.05) is 0 Å². The normalized spacial score (nSPS) is 9.90. The SMILES string of the molecule is COC(=O)c1ccc(F)c(NC(=O)c2ccccn2)c1. The second-order valence-corrected chi connectivity index (χ2v) is 3.86. The van der Waals surface area contributed by atoms with Gasteiger partial charge < -0.3 is 10.1 Å². The van der Waals surface area contributed by atoms with E-state index >= 15 is 0 Å². The lowest BCUT2D eigenvalue weighted by atomic mass is 10.2. The molecular formula is C14H11FN2O3. The first-order valence-corrected chi connectivity index (χ1v) is 5.72. The van der Waals surface area contributed by atoms with Gasteiger partial charge in [-0.05, 0) is 30.3 Å². The second-order valence-electron chi connectivity index (χ2n) is 3.86. The van der Waals surface area contributed by atoms with Crippen molar-refractivity contribution in [1.29, 1.82) is 0 Å². The van der Waals surface area contributed by atoms with Crippen LogP contribution in [0, 0.1) is 5.82 Å². The first-order chi connectivity index (χ1) is 9.61. The number of carbonyl (C=O) groups excluding carboxylic acids is 2. The lowest BCUT2D eigenvalue weighted by Gasteiger charge is -2.07. The highest BCUT2D eigenvalue weighted by molar-refractivity contribution is 6.03. The summed E-state index contributed by atoms with van der Waals surface area (Å²) in [4.78, 5) is 27.1. The molecule has 0 unspecified atom stereocenters. The molecule has 1 heterocycles. The van der Waals surface area contributed by atoms with Crippen LogP contribution in [0.5, 0.6) is 0 Å². The summed E-state index contributed by atoms with van der Waals surface area (Å²) >= 11 is 0. The quantitative estimate of drug-likeness (QED) is 0.872. The number of methoxy groups -OCH3 is 1. The van der Waals surface area contributed by atoms with Gasteiger partial charge in [-0.25, -0.2) is 9.18 Å². The summed E-state index contributed by atoms with van der Waals surface area (Å²) in [5.74, 6) is -1.83. The molecule has 1 N–H and O–H groups in total. The first-order valence-electron chi connectivity index (χ1n) is 5.72. The van der Waals surface area contributed by atoms with Crippen LogP contribution in [0.2, 0.25) is 0 Å². The number of aromatic nitrogens is 1. The van der Waals surface area contributed by atoms with Crippen molar-refractivity contribution >= 4 is 17.6 Å². The van der Waals surface area contributed by atoms with Gasteiger partial charge in [0.15, 0.2) is 0 Å². The molecular weight excluding hydrogens is 263 g/mol. The summed E-state index contributed by atoms with van der Waals surface area (Å²) in [7, 11) is 1.22. The number of amides is 1. The van der Waals surface area contributed by atoms with Crippen molar-refractivity contribution in [2.45, 2.75) is 0 Å². The van der Waals surface area contributed by atoms with Crippen molar-refractivity contribution in [1.82, 2.24) is 4.98 Å². The smallest absolute Gasteiger partial charge is 0.337 e. The summed E-state index contributed by atoms with van der Waals surface area (Å²) in [6, 6.07) is 8.37. The Labute approximate surface area is 114 Å². The van der Waals surface area contributed by atoms with Gasteiger partial charge in [0.05, 0.1) is 18.4 Å². The maximum atomic E-state index is 13.6. The first kappa shape index (κ1) is 13.7. The molecule has 0 bridgehead atoms. The Morgan fingerprint density at radius 1 is 1.25 bits per heavy atom. The van der Waals surface area contributed by atoms with Gasteiger partial charge in [-0.3, -0.25) is 9.78 Å². The molecule has 1 amide bonds. The molecule has 6 heteroatoms. The Kier molecular flexibility index (Phi) is 4.05. The number of hydrogen-bond acceptors (Lipinski definition) is 4. The molecule has 0 fully saturated rings. The summed E-state index contributed by atoms with van der Waals surface area (Å²) in [6.07, 6.45) is 1.45. The number of hydrogen-bond donors (Lipinski definition) is 1. The maximum Gasteiger partial charge on any atom is 0.337 e. The third kappa shape index (κ3) is 2.97. The van der Waals surface area contributed by atoms with E-state index in [0.29, 0.717) is 0 Å². The highest BCUT2D eigenvalue weighted by Crippen LogP contribution is 2.17. The van der Waals surface area contributed by atoms with Crippen LogP contribution in [0.15, 0.2) is 42.6 Å². The van der Waals surface area contributed by atoms with Gasteiger partial charge in [-0.2, -0.15) is 0 Å². The van der Waals surface area contributed by atoms with Crippen LogP contribution < -0.4 is 5.32 Å². The summed E-state index contributed by atoms with van der Waals surface area (Å²) in [6.45, 7) is 0. The molecule has 1 aromatic carbocycles. The molecule has 0 spiro atoms. The second kappa shape index (κ2) is 5.92. The average Bonchev–Trinajstić information content (AvgIpc) is 2.49. The molecule has 0 atom stereocenters. The van der Waals surface area contributed by atoms with E-state index in [9.17, 15) is 14.0 Å². The minimum absolute atomic E-state index is 0.108. The minimum atomic E-state index is -0.651. The van der Waals surface area contributed by atoms with Crippen molar-refractivity contribution < 1.29 is 18.7 Å². The molecule has 2 rings (SSSR count). The Balaban J connectivity index is 2.25. The van der Waals surface area contributed by atoms with Gasteiger partial charge in [0.2, 0.25) is 0 Å². The summed E-state index contributed by atoms with van der Waals surface area (Å²) in [5.41, 5.74) is 0.184. The van der Waals surface area contributed by atoms with Gasteiger partial charge in [0.25, 0.3) is 5.91 Å². The van der Waals surface area contributed by atoms with Crippen LogP contribution >= 0.6 is 0 Å². The monoisotopic (exact) mass is 274 g/mol. The van der Waals surface area contributed by atoms with Crippen LogP contribution in [0.4, 0.5) is 10.1 Å². The predicted molar refractivity (Wildman–Crippen MR) is 69.9 cm³/mol. The molecule has 2 aromatic rings. The van der Waals surface area contributed by atoms with Gasteiger partial charge >= 0.3 is 5.97 Å². The van der Waals surface area contributed by atoms with E-state index < -0.39 is 17.7 Å². The number of anilines is 1. The van der Waals surface area contributed by atoms with E-state index in [1.165, 1.54) is 31.5 Å². The number of pyridine rings is 1. The largest absolute Gasteiger partial charge is 0.465 e. The van der Waals surface area contributed by atoms with Crippen molar-refractivity contribution in [2.24, 2.45) is 0 Å². The lowest BCUT2D eigenvalue weighted by Crippen LogP contribution is -2.15. The lowest BCUT2D eigenvalue weighted by molar-refractivity contribution is 0.0600. The zero-order chi connectivity index (χ0) is 14.5. The molecule has 5 nitrogen and oxygen atoms in total. The van der Waals surface area contributed by atoms with Crippen LogP contribution in [0.1, 0.15) is 20.8 Å². The summed E-state index contributed by atoms with van der Waals surface area (Å²) in [5, 5.41) is 2.36. The fourth-order valence-corrected chi connectivity index (χ4v) is 1.55. The molecule has 1 aromatic heterocycles. The van der Waals surface area contributed by atoms with Crippen molar-refractivity contribution in [3.8, 4) is 0 Å². The Morgan fingerprint density at radius 3 is 2.70 bits per heavy atom. The zero-order valence-electron chi connectivity index (χ0n) is 10.6. The minimum Gasteiger partial charge on any atom is -0.465 e. The standard InChI is InChI=1S/C14H11FN2O3/c1-20-14(19)9-5-6-10(15)12(8-9)17-13(18)11-4-2-3-7-16-11/h2-8H,1H3,(H,17,18). The van der Waals surface area contributed by atoms with Crippen LogP contribution in [-0.4, -0.2) is 24.0 Å². The Bertz CT molecular complexity index is 644. The molecule has 0 saturated carbocycles. The van der Waals surface area contributed by atoms with Crippen molar-refractivity contribution in [3.05, 3.63) is 59.7 Å². The maximum absolute atomic E-state index is 13.6. The number of nitrogens with zero attached hydrogens (tertiary/aromatic N) is 1. The van der Waals surface area contributed by atoms with E-state index in [4.69, 9.17) is 0 Å². The van der Waals surface area contributed by atoms with Crippen LogP contribution in [0.25, 0.3) is 0 Å². The third-order valence-electron chi connectivity index (χ3n) is 2.53. The van der Waals surface area contributed by atoms with Gasteiger partial charge in [0, 0.05) is 6.20 Å². The topological polar surface area (TPSA) is 68.3 Å². The van der Waals surface area contributed by atoms with Crippen molar-refractivity contribution in [2.75, 3.05) is 12.4 Å². The zero-order valence-corrected chi connectivity index (χ0v) is 10.6. The molecule has 0 aliphatic carbocycles. The number of rotatable bonds is 3. The third-order valence-corrected chi connectivity index (χ3v) is 2.53. The number of halogens is 1. The number of nitrogens with one attached hydrogen (secondary N) is 1. The van der Waals surface area contributed by atoms with Crippen LogP contribution in [-0.2, 0) is 4.74 Å². The molecule has 0 aliphatic heterocycles. The van der Waals surface area contributed by atoms with E-state index in [0.717, 1.165) is 6.07 Å². The fraction of sp³-hybridized carbons (Fsp3) is 0.0714. The number of esters is 1. The van der Waals surface area contributed by atoms with E-state index in [2.05, 4.69) is 15.0 Å². The molecule has 0 radical (unpaired) electrons. The molecule has 0 aliphatic rings. The Morgan fingerprint density at radius 2 is 2.05 bits per heavy atom. The highest BCUT2D eigenvalue weighted by atomic mass is 19.1. The van der Waals surface area contributed by atoms with Gasteiger partial charge in [-0.15, -0.1) is 0 Å². The number of ether oxygens (including phenoxy) is 1. The average molecular weight is 274 g/mol. The predicted octanol–water partition coefficient (Wildman–Crippen LogP) is 2.26. The Hall–Kier alpha value is -2.76. The number of benzene rings is 1. The molecule has 20 heavy (non-hydrogen) atoms. The molecule has 0 saturated heterocycles. The van der Waals surface area contributed by atoms with E-state index in [-0.39, 0.29) is 16.9 Å². The van der Waals surface area contributed by atoms with E-state index in [1.54, 1.807) is 12.1 Å². The molecule has 102 valence electrons. The van der Waals surface area contributed by atoms with Crippen molar-refractivity contribution in [3.63, 3.8) is 0 Å².